The van der Waals surface area contributed by atoms with Crippen LogP contribution in [0.4, 0.5) is 0 Å². The maximum absolute atomic E-state index is 9.07. The molecule has 0 aliphatic carbocycles. The molecule has 0 radical (unpaired) electrons. The Bertz CT molecular complexity index is 258. The lowest BCUT2D eigenvalue weighted by atomic mass is 10.3. The summed E-state index contributed by atoms with van der Waals surface area (Å²) in [6.45, 7) is 2.92. The summed E-state index contributed by atoms with van der Waals surface area (Å²) < 4.78 is 3.61. The van der Waals surface area contributed by atoms with Gasteiger partial charge in [-0.15, -0.1) is 0 Å². The summed E-state index contributed by atoms with van der Waals surface area (Å²) >= 11 is 0. The van der Waals surface area contributed by atoms with Crippen LogP contribution in [0.3, 0.4) is 0 Å². The zero-order chi connectivity index (χ0) is 9.68. The highest BCUT2D eigenvalue weighted by Gasteiger charge is 2.13. The summed E-state index contributed by atoms with van der Waals surface area (Å²) in [5.74, 6) is 0.760. The lowest BCUT2D eigenvalue weighted by Crippen LogP contribution is -2.37. The third-order valence-corrected chi connectivity index (χ3v) is 2.14. The van der Waals surface area contributed by atoms with Gasteiger partial charge in [0.25, 0.3) is 5.82 Å². The fourth-order valence-corrected chi connectivity index (χ4v) is 1.34. The van der Waals surface area contributed by atoms with E-state index in [4.69, 9.17) is 10.2 Å². The molecular weight excluding hydrogens is 168 g/mol. The zero-order valence-electron chi connectivity index (χ0n) is 7.98. The number of nitrogens with zero attached hydrogens (tertiary/aromatic N) is 2. The van der Waals surface area contributed by atoms with Gasteiger partial charge in [0.05, 0.1) is 6.54 Å². The Balaban J connectivity index is 2.75. The molecule has 0 aliphatic heterocycles. The van der Waals surface area contributed by atoms with Gasteiger partial charge in [-0.1, -0.05) is 13.3 Å². The quantitative estimate of drug-likeness (QED) is 0.635. The number of hydrogen-bond donors (Lipinski definition) is 2. The van der Waals surface area contributed by atoms with Crippen LogP contribution in [-0.4, -0.2) is 14.8 Å². The van der Waals surface area contributed by atoms with Crippen molar-refractivity contribution in [3.63, 3.8) is 0 Å². The van der Waals surface area contributed by atoms with E-state index < -0.39 is 0 Å². The number of aliphatic hydroxyl groups excluding tert-OH is 2. The van der Waals surface area contributed by atoms with E-state index in [0.717, 1.165) is 25.2 Å². The summed E-state index contributed by atoms with van der Waals surface area (Å²) in [7, 11) is 0. The first-order valence-corrected chi connectivity index (χ1v) is 4.62. The molecular formula is C9H17N2O2+. The lowest BCUT2D eigenvalue weighted by Gasteiger charge is -1.99. The minimum absolute atomic E-state index is 0.0305. The van der Waals surface area contributed by atoms with Crippen LogP contribution in [0.25, 0.3) is 0 Å². The molecule has 1 rings (SSSR count). The topological polar surface area (TPSA) is 49.3 Å². The van der Waals surface area contributed by atoms with Gasteiger partial charge in [-0.25, -0.2) is 9.13 Å². The van der Waals surface area contributed by atoms with Gasteiger partial charge < -0.3 is 10.2 Å². The molecule has 0 saturated heterocycles. The van der Waals surface area contributed by atoms with Gasteiger partial charge in [0, 0.05) is 0 Å². The highest BCUT2D eigenvalue weighted by Crippen LogP contribution is 1.99. The predicted octanol–water partition coefficient (Wildman–Crippen LogP) is 0.0178. The SMILES string of the molecule is CCCCn1cc[n+](CO)c1CO. The van der Waals surface area contributed by atoms with Crippen LogP contribution in [0.1, 0.15) is 25.6 Å². The Kier molecular flexibility index (Phi) is 3.92. The van der Waals surface area contributed by atoms with Crippen molar-refractivity contribution in [2.45, 2.75) is 39.6 Å². The smallest absolute Gasteiger partial charge is 0.284 e. The molecule has 0 atom stereocenters. The van der Waals surface area contributed by atoms with Gasteiger partial charge in [0.15, 0.2) is 6.73 Å². The highest BCUT2D eigenvalue weighted by atomic mass is 16.3. The monoisotopic (exact) mass is 185 g/mol. The van der Waals surface area contributed by atoms with Crippen molar-refractivity contribution in [2.24, 2.45) is 0 Å². The minimum atomic E-state index is -0.0744. The largest absolute Gasteiger partial charge is 0.384 e. The number of aromatic nitrogens is 2. The van der Waals surface area contributed by atoms with Crippen molar-refractivity contribution in [3.8, 4) is 0 Å². The normalized spacial score (nSPS) is 10.7. The standard InChI is InChI=1S/C9H17N2O2/c1-2-3-4-10-5-6-11(8-13)9(10)7-12/h5-6,12-13H,2-4,7-8H2,1H3/q+1. The van der Waals surface area contributed by atoms with E-state index in [2.05, 4.69) is 6.92 Å². The minimum Gasteiger partial charge on any atom is -0.384 e. The van der Waals surface area contributed by atoms with Crippen molar-refractivity contribution in [1.29, 1.82) is 0 Å². The first-order chi connectivity index (χ1) is 6.33. The zero-order valence-corrected chi connectivity index (χ0v) is 7.98. The number of aryl methyl sites for hydroxylation is 1. The predicted molar refractivity (Wildman–Crippen MR) is 47.7 cm³/mol. The molecule has 0 aromatic carbocycles. The number of unbranched alkanes of at least 4 members (excludes halogenated alkanes) is 1. The molecule has 13 heavy (non-hydrogen) atoms. The van der Waals surface area contributed by atoms with Gasteiger partial charge in [0.2, 0.25) is 0 Å². The molecule has 0 bridgehead atoms. The van der Waals surface area contributed by atoms with Crippen LogP contribution in [0, 0.1) is 0 Å². The fourth-order valence-electron chi connectivity index (χ4n) is 1.34. The van der Waals surface area contributed by atoms with Crippen LogP contribution in [0.5, 0.6) is 0 Å². The van der Waals surface area contributed by atoms with Crippen molar-refractivity contribution in [1.82, 2.24) is 4.57 Å². The molecule has 0 aliphatic rings. The molecule has 0 amide bonds. The van der Waals surface area contributed by atoms with Crippen molar-refractivity contribution < 1.29 is 14.8 Å². The second-order valence-electron chi connectivity index (χ2n) is 3.03. The van der Waals surface area contributed by atoms with Crippen LogP contribution in [0.2, 0.25) is 0 Å². The Morgan fingerprint density at radius 3 is 2.77 bits per heavy atom. The summed E-state index contributed by atoms with van der Waals surface area (Å²) in [6, 6.07) is 0. The first kappa shape index (κ1) is 10.2. The van der Waals surface area contributed by atoms with Gasteiger partial charge >= 0.3 is 0 Å². The number of aliphatic hydroxyl groups is 2. The maximum atomic E-state index is 9.07. The molecule has 74 valence electrons. The average Bonchev–Trinajstić information content (AvgIpc) is 2.56. The molecule has 1 aromatic heterocycles. The Labute approximate surface area is 78.1 Å². The molecule has 1 heterocycles. The first-order valence-electron chi connectivity index (χ1n) is 4.62. The summed E-state index contributed by atoms with van der Waals surface area (Å²) in [5, 5.41) is 18.0. The van der Waals surface area contributed by atoms with Crippen molar-refractivity contribution in [2.75, 3.05) is 0 Å². The molecule has 2 N–H and O–H groups in total. The molecule has 0 saturated carbocycles. The highest BCUT2D eigenvalue weighted by molar-refractivity contribution is 4.80. The molecule has 4 nitrogen and oxygen atoms in total. The van der Waals surface area contributed by atoms with Gasteiger partial charge in [-0.2, -0.15) is 0 Å². The molecule has 0 spiro atoms. The molecule has 0 fully saturated rings. The van der Waals surface area contributed by atoms with E-state index in [1.807, 2.05) is 10.8 Å². The number of imidazole rings is 1. The van der Waals surface area contributed by atoms with E-state index >= 15 is 0 Å². The van der Waals surface area contributed by atoms with Gasteiger partial charge in [0.1, 0.15) is 19.0 Å². The summed E-state index contributed by atoms with van der Waals surface area (Å²) in [5.41, 5.74) is 0. The van der Waals surface area contributed by atoms with Crippen LogP contribution < -0.4 is 4.57 Å². The van der Waals surface area contributed by atoms with Crippen LogP contribution >= 0.6 is 0 Å². The second kappa shape index (κ2) is 4.99. The maximum Gasteiger partial charge on any atom is 0.284 e. The summed E-state index contributed by atoms with van der Waals surface area (Å²) in [6.07, 6.45) is 5.88. The van der Waals surface area contributed by atoms with Crippen molar-refractivity contribution in [3.05, 3.63) is 18.2 Å². The van der Waals surface area contributed by atoms with Crippen LogP contribution in [0.15, 0.2) is 12.4 Å². The third kappa shape index (κ3) is 2.29. The third-order valence-electron chi connectivity index (χ3n) is 2.14. The van der Waals surface area contributed by atoms with Crippen molar-refractivity contribution >= 4 is 0 Å². The molecule has 4 heteroatoms. The molecule has 1 aromatic rings. The Morgan fingerprint density at radius 2 is 2.23 bits per heavy atom. The summed E-state index contributed by atoms with van der Waals surface area (Å²) in [4.78, 5) is 0. The van der Waals surface area contributed by atoms with Gasteiger partial charge in [-0.05, 0) is 6.42 Å². The van der Waals surface area contributed by atoms with E-state index in [1.54, 1.807) is 10.8 Å². The van der Waals surface area contributed by atoms with E-state index in [-0.39, 0.29) is 13.3 Å². The average molecular weight is 185 g/mol. The van der Waals surface area contributed by atoms with E-state index in [9.17, 15) is 0 Å². The lowest BCUT2D eigenvalue weighted by molar-refractivity contribution is -0.737. The Hall–Kier alpha value is -0.870. The fraction of sp³-hybridized carbons (Fsp3) is 0.667. The van der Waals surface area contributed by atoms with E-state index in [1.165, 1.54) is 0 Å². The number of hydrogen-bond acceptors (Lipinski definition) is 2. The van der Waals surface area contributed by atoms with Gasteiger partial charge in [-0.3, -0.25) is 0 Å². The second-order valence-corrected chi connectivity index (χ2v) is 3.03. The van der Waals surface area contributed by atoms with E-state index in [0.29, 0.717) is 0 Å². The van der Waals surface area contributed by atoms with Crippen LogP contribution in [-0.2, 0) is 19.9 Å². The molecule has 0 unspecified atom stereocenters. The number of rotatable bonds is 5. The Morgan fingerprint density at radius 1 is 1.46 bits per heavy atom.